The minimum absolute atomic E-state index is 0.291. The van der Waals surface area contributed by atoms with Gasteiger partial charge in [-0.15, -0.1) is 11.6 Å². The molecule has 0 aliphatic heterocycles. The maximum atomic E-state index is 6.29. The fourth-order valence-electron chi connectivity index (χ4n) is 2.43. The Morgan fingerprint density at radius 3 is 3.00 bits per heavy atom. The van der Waals surface area contributed by atoms with Gasteiger partial charge in [0.1, 0.15) is 5.75 Å². The van der Waals surface area contributed by atoms with E-state index in [1.807, 2.05) is 18.3 Å². The zero-order valence-corrected chi connectivity index (χ0v) is 10.4. The van der Waals surface area contributed by atoms with Gasteiger partial charge in [-0.2, -0.15) is 0 Å². The molecule has 3 heteroatoms. The first-order chi connectivity index (χ1) is 7.81. The Hall–Kier alpha value is -0.760. The molecule has 0 saturated heterocycles. The molecule has 0 spiro atoms. The van der Waals surface area contributed by atoms with Gasteiger partial charge in [-0.25, -0.2) is 0 Å². The molecule has 1 aromatic heterocycles. The van der Waals surface area contributed by atoms with Gasteiger partial charge in [-0.3, -0.25) is 4.98 Å². The molecular weight excluding hydrogens is 222 g/mol. The van der Waals surface area contributed by atoms with Crippen LogP contribution in [0, 0.1) is 0 Å². The molecule has 2 nitrogen and oxygen atoms in total. The van der Waals surface area contributed by atoms with Crippen molar-refractivity contribution in [1.29, 1.82) is 0 Å². The molecule has 0 bridgehead atoms. The summed E-state index contributed by atoms with van der Waals surface area (Å²) >= 11 is 6.29. The van der Waals surface area contributed by atoms with E-state index in [4.69, 9.17) is 16.3 Å². The van der Waals surface area contributed by atoms with Crippen LogP contribution in [-0.2, 0) is 0 Å². The molecule has 16 heavy (non-hydrogen) atoms. The molecule has 1 aliphatic carbocycles. The summed E-state index contributed by atoms with van der Waals surface area (Å²) in [6.07, 6.45) is 7.65. The third-order valence-electron chi connectivity index (χ3n) is 3.27. The highest BCUT2D eigenvalue weighted by atomic mass is 35.5. The van der Waals surface area contributed by atoms with Crippen molar-refractivity contribution in [3.8, 4) is 5.75 Å². The zero-order valence-electron chi connectivity index (χ0n) is 9.66. The van der Waals surface area contributed by atoms with Crippen LogP contribution in [0.15, 0.2) is 18.3 Å². The highest BCUT2D eigenvalue weighted by Crippen LogP contribution is 2.36. The van der Waals surface area contributed by atoms with Crippen molar-refractivity contribution >= 4 is 11.6 Å². The van der Waals surface area contributed by atoms with E-state index in [1.165, 1.54) is 19.3 Å². The minimum Gasteiger partial charge on any atom is -0.495 e. The summed E-state index contributed by atoms with van der Waals surface area (Å²) in [5, 5.41) is 0.291. The molecule has 88 valence electrons. The molecule has 1 heterocycles. The molecule has 2 rings (SSSR count). The molecule has 1 aliphatic rings. The first-order valence-electron chi connectivity index (χ1n) is 5.94. The predicted octanol–water partition coefficient (Wildman–Crippen LogP) is 3.75. The molecule has 2 unspecified atom stereocenters. The van der Waals surface area contributed by atoms with Gasteiger partial charge in [-0.1, -0.05) is 12.8 Å². The van der Waals surface area contributed by atoms with Gasteiger partial charge >= 0.3 is 0 Å². The average Bonchev–Trinajstić information content (AvgIpc) is 2.54. The summed E-state index contributed by atoms with van der Waals surface area (Å²) in [6.45, 7) is 0. The van der Waals surface area contributed by atoms with E-state index in [0.29, 0.717) is 11.3 Å². The van der Waals surface area contributed by atoms with Gasteiger partial charge in [0.15, 0.2) is 0 Å². The molecule has 0 radical (unpaired) electrons. The number of nitrogens with zero attached hydrogens (tertiary/aromatic N) is 1. The standard InChI is InChI=1S/C13H18ClNO/c1-16-12-7-4-8-15-13(12)10-5-2-3-6-11(14)9-10/h4,7-8,10-11H,2-3,5-6,9H2,1H3. The van der Waals surface area contributed by atoms with Gasteiger partial charge in [0, 0.05) is 17.5 Å². The third kappa shape index (κ3) is 2.67. The second kappa shape index (κ2) is 5.53. The largest absolute Gasteiger partial charge is 0.495 e. The average molecular weight is 240 g/mol. The molecule has 2 atom stereocenters. The van der Waals surface area contributed by atoms with Gasteiger partial charge in [0.2, 0.25) is 0 Å². The van der Waals surface area contributed by atoms with Crippen molar-refractivity contribution in [3.63, 3.8) is 0 Å². The van der Waals surface area contributed by atoms with E-state index >= 15 is 0 Å². The minimum atomic E-state index is 0.291. The maximum Gasteiger partial charge on any atom is 0.140 e. The van der Waals surface area contributed by atoms with Crippen LogP contribution in [0.1, 0.15) is 43.7 Å². The Morgan fingerprint density at radius 1 is 1.38 bits per heavy atom. The molecular formula is C13H18ClNO. The molecule has 0 N–H and O–H groups in total. The van der Waals surface area contributed by atoms with Crippen molar-refractivity contribution in [1.82, 2.24) is 4.98 Å². The second-order valence-electron chi connectivity index (χ2n) is 4.41. The van der Waals surface area contributed by atoms with Crippen molar-refractivity contribution in [2.45, 2.75) is 43.4 Å². The van der Waals surface area contributed by atoms with E-state index in [1.54, 1.807) is 7.11 Å². The lowest BCUT2D eigenvalue weighted by Gasteiger charge is -2.17. The number of ether oxygens (including phenoxy) is 1. The second-order valence-corrected chi connectivity index (χ2v) is 5.02. The Bertz CT molecular complexity index is 342. The molecule has 1 fully saturated rings. The number of pyridine rings is 1. The number of alkyl halides is 1. The fourth-order valence-corrected chi connectivity index (χ4v) is 2.80. The topological polar surface area (TPSA) is 22.1 Å². The van der Waals surface area contributed by atoms with Crippen LogP contribution < -0.4 is 4.74 Å². The quantitative estimate of drug-likeness (QED) is 0.579. The van der Waals surface area contributed by atoms with E-state index in [9.17, 15) is 0 Å². The van der Waals surface area contributed by atoms with E-state index < -0.39 is 0 Å². The number of aromatic nitrogens is 1. The number of hydrogen-bond acceptors (Lipinski definition) is 2. The highest BCUT2D eigenvalue weighted by molar-refractivity contribution is 6.20. The van der Waals surface area contributed by atoms with Crippen LogP contribution in [0.4, 0.5) is 0 Å². The van der Waals surface area contributed by atoms with Gasteiger partial charge in [0.25, 0.3) is 0 Å². The Balaban J connectivity index is 2.20. The smallest absolute Gasteiger partial charge is 0.140 e. The summed E-state index contributed by atoms with van der Waals surface area (Å²) in [5.41, 5.74) is 1.08. The van der Waals surface area contributed by atoms with Crippen LogP contribution in [0.5, 0.6) is 5.75 Å². The maximum absolute atomic E-state index is 6.29. The van der Waals surface area contributed by atoms with Crippen molar-refractivity contribution in [2.75, 3.05) is 7.11 Å². The summed E-state index contributed by atoms with van der Waals surface area (Å²) in [6, 6.07) is 3.90. The van der Waals surface area contributed by atoms with Crippen LogP contribution >= 0.6 is 11.6 Å². The number of methoxy groups -OCH3 is 1. The highest BCUT2D eigenvalue weighted by Gasteiger charge is 2.23. The number of rotatable bonds is 2. The summed E-state index contributed by atoms with van der Waals surface area (Å²) in [7, 11) is 1.70. The summed E-state index contributed by atoms with van der Waals surface area (Å²) < 4.78 is 5.37. The zero-order chi connectivity index (χ0) is 11.4. The fraction of sp³-hybridized carbons (Fsp3) is 0.615. The first-order valence-corrected chi connectivity index (χ1v) is 6.38. The van der Waals surface area contributed by atoms with Gasteiger partial charge in [0.05, 0.1) is 12.8 Å². The molecule has 1 aromatic rings. The SMILES string of the molecule is COc1cccnc1C1CCCCC(Cl)C1. The Kier molecular flexibility index (Phi) is 4.05. The van der Waals surface area contributed by atoms with Crippen molar-refractivity contribution in [2.24, 2.45) is 0 Å². The van der Waals surface area contributed by atoms with Gasteiger partial charge < -0.3 is 4.74 Å². The third-order valence-corrected chi connectivity index (χ3v) is 3.66. The van der Waals surface area contributed by atoms with Crippen LogP contribution in [-0.4, -0.2) is 17.5 Å². The van der Waals surface area contributed by atoms with Crippen LogP contribution in [0.3, 0.4) is 0 Å². The monoisotopic (exact) mass is 239 g/mol. The Labute approximate surface area is 102 Å². The predicted molar refractivity (Wildman–Crippen MR) is 66.3 cm³/mol. The van der Waals surface area contributed by atoms with Crippen molar-refractivity contribution < 1.29 is 4.74 Å². The molecule has 0 aromatic carbocycles. The Morgan fingerprint density at radius 2 is 2.19 bits per heavy atom. The van der Waals surface area contributed by atoms with E-state index in [-0.39, 0.29) is 0 Å². The van der Waals surface area contributed by atoms with Crippen LogP contribution in [0.25, 0.3) is 0 Å². The first kappa shape index (κ1) is 11.7. The van der Waals surface area contributed by atoms with Crippen molar-refractivity contribution in [3.05, 3.63) is 24.0 Å². The normalized spacial score (nSPS) is 26.1. The lowest BCUT2D eigenvalue weighted by Crippen LogP contribution is -2.07. The lowest BCUT2D eigenvalue weighted by atomic mass is 9.95. The summed E-state index contributed by atoms with van der Waals surface area (Å²) in [4.78, 5) is 4.47. The molecule has 0 amide bonds. The van der Waals surface area contributed by atoms with Crippen LogP contribution in [0.2, 0.25) is 0 Å². The molecule has 1 saturated carbocycles. The van der Waals surface area contributed by atoms with E-state index in [0.717, 1.165) is 24.3 Å². The van der Waals surface area contributed by atoms with E-state index in [2.05, 4.69) is 4.98 Å². The number of hydrogen-bond donors (Lipinski definition) is 0. The van der Waals surface area contributed by atoms with Gasteiger partial charge in [-0.05, 0) is 31.4 Å². The number of halogens is 1. The lowest BCUT2D eigenvalue weighted by molar-refractivity contribution is 0.398. The summed E-state index contributed by atoms with van der Waals surface area (Å²) in [5.74, 6) is 1.36.